The summed E-state index contributed by atoms with van der Waals surface area (Å²) in [7, 11) is 1.38. The van der Waals surface area contributed by atoms with Crippen LogP contribution in [-0.2, 0) is 14.3 Å². The predicted octanol–water partition coefficient (Wildman–Crippen LogP) is -0.0473. The second kappa shape index (κ2) is 7.17. The average molecular weight is 260 g/mol. The summed E-state index contributed by atoms with van der Waals surface area (Å²) >= 11 is 0. The number of methoxy groups -OCH3 is 1. The third-order valence-electron chi connectivity index (χ3n) is 2.76. The topological polar surface area (TPSA) is 96.9 Å². The first kappa shape index (κ1) is 14.7. The van der Waals surface area contributed by atoms with Gasteiger partial charge >= 0.3 is 12.0 Å². The predicted molar refractivity (Wildman–Crippen MR) is 63.4 cm³/mol. The Morgan fingerprint density at radius 3 is 2.83 bits per heavy atom. The maximum absolute atomic E-state index is 11.6. The minimum atomic E-state index is -1.12. The minimum Gasteiger partial charge on any atom is -0.480 e. The largest absolute Gasteiger partial charge is 0.480 e. The Labute approximate surface area is 106 Å². The van der Waals surface area contributed by atoms with Gasteiger partial charge in [0, 0.05) is 19.8 Å². The van der Waals surface area contributed by atoms with Crippen LogP contribution in [0, 0.1) is 0 Å². The molecule has 1 aliphatic heterocycles. The summed E-state index contributed by atoms with van der Waals surface area (Å²) in [5, 5.41) is 14.0. The van der Waals surface area contributed by atoms with E-state index in [-0.39, 0.29) is 18.8 Å². The molecule has 0 aromatic rings. The molecule has 0 radical (unpaired) electrons. The maximum Gasteiger partial charge on any atom is 0.328 e. The van der Waals surface area contributed by atoms with Gasteiger partial charge in [-0.15, -0.1) is 0 Å². The number of ether oxygens (including phenoxy) is 2. The van der Waals surface area contributed by atoms with E-state index in [2.05, 4.69) is 10.6 Å². The van der Waals surface area contributed by atoms with Gasteiger partial charge in [-0.2, -0.15) is 0 Å². The standard InChI is InChI=1S/C11H20N2O5/c1-7-5-8(3-4-18-7)12-11(16)13-9(6-17-2)10(14)15/h7-9H,3-6H2,1-2H3,(H,14,15)(H2,12,13,16). The van der Waals surface area contributed by atoms with Crippen LogP contribution < -0.4 is 10.6 Å². The number of amides is 2. The number of urea groups is 1. The second-order valence-corrected chi connectivity index (χ2v) is 4.37. The van der Waals surface area contributed by atoms with Crippen molar-refractivity contribution in [3.05, 3.63) is 0 Å². The van der Waals surface area contributed by atoms with Gasteiger partial charge in [-0.25, -0.2) is 9.59 Å². The zero-order valence-corrected chi connectivity index (χ0v) is 10.6. The van der Waals surface area contributed by atoms with Crippen molar-refractivity contribution in [2.24, 2.45) is 0 Å². The molecular formula is C11H20N2O5. The number of carbonyl (C=O) groups excluding carboxylic acids is 1. The minimum absolute atomic E-state index is 0.0192. The highest BCUT2D eigenvalue weighted by Gasteiger charge is 2.24. The van der Waals surface area contributed by atoms with E-state index in [0.29, 0.717) is 6.61 Å². The molecule has 1 fully saturated rings. The number of carbonyl (C=O) groups is 2. The third kappa shape index (κ3) is 4.89. The Morgan fingerprint density at radius 2 is 2.28 bits per heavy atom. The summed E-state index contributed by atoms with van der Waals surface area (Å²) < 4.78 is 10.1. The van der Waals surface area contributed by atoms with E-state index in [1.165, 1.54) is 7.11 Å². The van der Waals surface area contributed by atoms with E-state index in [1.54, 1.807) is 0 Å². The van der Waals surface area contributed by atoms with Crippen LogP contribution in [0.15, 0.2) is 0 Å². The summed E-state index contributed by atoms with van der Waals surface area (Å²) in [5.74, 6) is -1.12. The molecule has 0 aromatic carbocycles. The number of aliphatic carboxylic acids is 1. The van der Waals surface area contributed by atoms with Crippen LogP contribution in [0.4, 0.5) is 4.79 Å². The fourth-order valence-electron chi connectivity index (χ4n) is 1.86. The van der Waals surface area contributed by atoms with Crippen LogP contribution in [-0.4, -0.2) is 55.6 Å². The van der Waals surface area contributed by atoms with Crippen molar-refractivity contribution in [1.29, 1.82) is 0 Å². The van der Waals surface area contributed by atoms with E-state index in [0.717, 1.165) is 12.8 Å². The van der Waals surface area contributed by atoms with Gasteiger partial charge in [-0.1, -0.05) is 0 Å². The lowest BCUT2D eigenvalue weighted by Crippen LogP contribution is -2.52. The van der Waals surface area contributed by atoms with Crippen molar-refractivity contribution in [2.45, 2.75) is 38.0 Å². The molecular weight excluding hydrogens is 240 g/mol. The lowest BCUT2D eigenvalue weighted by atomic mass is 10.0. The van der Waals surface area contributed by atoms with Crippen LogP contribution in [0.1, 0.15) is 19.8 Å². The van der Waals surface area contributed by atoms with Gasteiger partial charge in [-0.3, -0.25) is 0 Å². The zero-order valence-electron chi connectivity index (χ0n) is 10.6. The Kier molecular flexibility index (Phi) is 5.87. The molecule has 3 N–H and O–H groups in total. The van der Waals surface area contributed by atoms with E-state index in [9.17, 15) is 9.59 Å². The molecule has 0 aliphatic carbocycles. The van der Waals surface area contributed by atoms with E-state index in [4.69, 9.17) is 14.6 Å². The van der Waals surface area contributed by atoms with Gasteiger partial charge < -0.3 is 25.2 Å². The molecule has 0 spiro atoms. The molecule has 0 saturated carbocycles. The normalized spacial score (nSPS) is 25.2. The first-order valence-electron chi connectivity index (χ1n) is 5.93. The molecule has 3 atom stereocenters. The highest BCUT2D eigenvalue weighted by Crippen LogP contribution is 2.12. The zero-order chi connectivity index (χ0) is 13.5. The van der Waals surface area contributed by atoms with Gasteiger partial charge in [0.1, 0.15) is 0 Å². The molecule has 104 valence electrons. The summed E-state index contributed by atoms with van der Waals surface area (Å²) in [6.07, 6.45) is 1.58. The van der Waals surface area contributed by atoms with Crippen LogP contribution in [0.2, 0.25) is 0 Å². The molecule has 1 rings (SSSR count). The van der Waals surface area contributed by atoms with Crippen molar-refractivity contribution in [2.75, 3.05) is 20.3 Å². The highest BCUT2D eigenvalue weighted by atomic mass is 16.5. The molecule has 7 heteroatoms. The highest BCUT2D eigenvalue weighted by molar-refractivity contribution is 5.82. The number of carboxylic acid groups (broad SMARTS) is 1. The molecule has 1 heterocycles. The van der Waals surface area contributed by atoms with Crippen LogP contribution in [0.5, 0.6) is 0 Å². The van der Waals surface area contributed by atoms with Crippen LogP contribution >= 0.6 is 0 Å². The second-order valence-electron chi connectivity index (χ2n) is 4.37. The SMILES string of the molecule is COCC(NC(=O)NC1CCOC(C)C1)C(=O)O. The Morgan fingerprint density at radius 1 is 1.56 bits per heavy atom. The Balaban J connectivity index is 2.37. The number of carboxylic acids is 1. The monoisotopic (exact) mass is 260 g/mol. The van der Waals surface area contributed by atoms with E-state index < -0.39 is 18.0 Å². The van der Waals surface area contributed by atoms with Gasteiger partial charge in [0.05, 0.1) is 12.7 Å². The quantitative estimate of drug-likeness (QED) is 0.644. The maximum atomic E-state index is 11.6. The molecule has 0 aromatic heterocycles. The molecule has 2 amide bonds. The molecule has 1 saturated heterocycles. The number of hydrogen-bond donors (Lipinski definition) is 3. The summed E-state index contributed by atoms with van der Waals surface area (Å²) in [5.41, 5.74) is 0. The van der Waals surface area contributed by atoms with Gasteiger partial charge in [-0.05, 0) is 19.8 Å². The van der Waals surface area contributed by atoms with Crippen LogP contribution in [0.3, 0.4) is 0 Å². The van der Waals surface area contributed by atoms with Gasteiger partial charge in [0.2, 0.25) is 0 Å². The van der Waals surface area contributed by atoms with E-state index >= 15 is 0 Å². The third-order valence-corrected chi connectivity index (χ3v) is 2.76. The molecule has 0 bridgehead atoms. The van der Waals surface area contributed by atoms with Gasteiger partial charge in [0.15, 0.2) is 6.04 Å². The average Bonchev–Trinajstić information content (AvgIpc) is 2.28. The number of rotatable bonds is 5. The summed E-state index contributed by atoms with van der Waals surface area (Å²) in [6, 6.07) is -1.50. The van der Waals surface area contributed by atoms with Crippen LogP contribution in [0.25, 0.3) is 0 Å². The lowest BCUT2D eigenvalue weighted by Gasteiger charge is -2.28. The number of hydrogen-bond acceptors (Lipinski definition) is 4. The molecule has 3 unspecified atom stereocenters. The summed E-state index contributed by atoms with van der Waals surface area (Å²) in [4.78, 5) is 22.5. The van der Waals surface area contributed by atoms with E-state index in [1.807, 2.05) is 6.92 Å². The van der Waals surface area contributed by atoms with Gasteiger partial charge in [0.25, 0.3) is 0 Å². The lowest BCUT2D eigenvalue weighted by molar-refractivity contribution is -0.140. The van der Waals surface area contributed by atoms with Crippen molar-refractivity contribution >= 4 is 12.0 Å². The number of nitrogens with one attached hydrogen (secondary N) is 2. The fraction of sp³-hybridized carbons (Fsp3) is 0.818. The molecule has 1 aliphatic rings. The molecule has 7 nitrogen and oxygen atoms in total. The van der Waals surface area contributed by atoms with Crippen molar-refractivity contribution in [1.82, 2.24) is 10.6 Å². The molecule has 18 heavy (non-hydrogen) atoms. The fourth-order valence-corrected chi connectivity index (χ4v) is 1.86. The summed E-state index contributed by atoms with van der Waals surface area (Å²) in [6.45, 7) is 2.48. The smallest absolute Gasteiger partial charge is 0.328 e. The Bertz CT molecular complexity index is 297. The van der Waals surface area contributed by atoms with Crippen molar-refractivity contribution in [3.8, 4) is 0 Å². The Hall–Kier alpha value is -1.34. The van der Waals surface area contributed by atoms with Crippen molar-refractivity contribution < 1.29 is 24.2 Å². The van der Waals surface area contributed by atoms with Crippen molar-refractivity contribution in [3.63, 3.8) is 0 Å². The first-order valence-corrected chi connectivity index (χ1v) is 5.93. The first-order chi connectivity index (χ1) is 8.52.